The Kier molecular flexibility index (Phi) is 3.92. The molecule has 1 aliphatic heterocycles. The normalized spacial score (nSPS) is 23.1. The Morgan fingerprint density at radius 2 is 2.32 bits per heavy atom. The first-order chi connectivity index (χ1) is 10.4. The summed E-state index contributed by atoms with van der Waals surface area (Å²) in [6.07, 6.45) is 2.18. The first kappa shape index (κ1) is 15.4. The molecule has 3 heterocycles. The highest BCUT2D eigenvalue weighted by molar-refractivity contribution is 7.89. The predicted octanol–water partition coefficient (Wildman–Crippen LogP) is 2.17. The molecule has 1 saturated heterocycles. The Morgan fingerprint density at radius 3 is 3.00 bits per heavy atom. The van der Waals surface area contributed by atoms with Crippen LogP contribution < -0.4 is 0 Å². The second kappa shape index (κ2) is 5.60. The molecular weight excluding hydrogens is 324 g/mol. The van der Waals surface area contributed by atoms with Crippen molar-refractivity contribution in [2.45, 2.75) is 30.7 Å². The van der Waals surface area contributed by atoms with Gasteiger partial charge in [-0.2, -0.15) is 4.31 Å². The van der Waals surface area contributed by atoms with Gasteiger partial charge in [0.2, 0.25) is 10.0 Å². The summed E-state index contributed by atoms with van der Waals surface area (Å²) in [7, 11) is -3.72. The van der Waals surface area contributed by atoms with Gasteiger partial charge in [0.05, 0.1) is 16.1 Å². The minimum absolute atomic E-state index is 0.131. The minimum Gasteiger partial charge on any atom is -0.481 e. The topological polar surface area (TPSA) is 87.6 Å². The van der Waals surface area contributed by atoms with E-state index in [1.54, 1.807) is 6.07 Å². The maximum absolute atomic E-state index is 12.8. The zero-order chi connectivity index (χ0) is 15.9. The molecule has 0 amide bonds. The number of hydrogen-bond acceptors (Lipinski definition) is 5. The van der Waals surface area contributed by atoms with Gasteiger partial charge in [-0.05, 0) is 30.4 Å². The van der Waals surface area contributed by atoms with Crippen molar-refractivity contribution >= 4 is 37.5 Å². The molecule has 1 aliphatic rings. The zero-order valence-electron chi connectivity index (χ0n) is 12.0. The van der Waals surface area contributed by atoms with Crippen molar-refractivity contribution in [3.05, 3.63) is 23.7 Å². The number of pyridine rings is 1. The lowest BCUT2D eigenvalue weighted by atomic mass is 9.99. The third kappa shape index (κ3) is 2.41. The molecule has 0 spiro atoms. The van der Waals surface area contributed by atoms with Crippen LogP contribution in [-0.2, 0) is 14.8 Å². The molecule has 1 fully saturated rings. The van der Waals surface area contributed by atoms with Gasteiger partial charge in [-0.1, -0.05) is 6.92 Å². The Balaban J connectivity index is 2.00. The van der Waals surface area contributed by atoms with Crippen LogP contribution in [0.2, 0.25) is 0 Å². The van der Waals surface area contributed by atoms with Crippen LogP contribution in [0.4, 0.5) is 0 Å². The highest BCUT2D eigenvalue weighted by Crippen LogP contribution is 2.33. The Bertz CT molecular complexity index is 815. The van der Waals surface area contributed by atoms with Gasteiger partial charge in [-0.25, -0.2) is 8.42 Å². The summed E-state index contributed by atoms with van der Waals surface area (Å²) in [5.74, 6) is -1.57. The quantitative estimate of drug-likeness (QED) is 0.921. The Morgan fingerprint density at radius 1 is 1.55 bits per heavy atom. The molecule has 118 valence electrons. The van der Waals surface area contributed by atoms with E-state index in [2.05, 4.69) is 4.98 Å². The van der Waals surface area contributed by atoms with E-state index in [1.165, 1.54) is 21.8 Å². The zero-order valence-corrected chi connectivity index (χ0v) is 13.6. The van der Waals surface area contributed by atoms with E-state index < -0.39 is 28.0 Å². The van der Waals surface area contributed by atoms with Crippen LogP contribution in [0.1, 0.15) is 19.8 Å². The fourth-order valence-corrected chi connectivity index (χ4v) is 5.58. The molecular formula is C14H16N2O4S2. The summed E-state index contributed by atoms with van der Waals surface area (Å²) in [6, 6.07) is 2.95. The second-order valence-electron chi connectivity index (χ2n) is 5.30. The van der Waals surface area contributed by atoms with E-state index in [0.717, 1.165) is 10.2 Å². The third-order valence-corrected chi connectivity index (χ3v) is 6.86. The first-order valence-electron chi connectivity index (χ1n) is 7.03. The van der Waals surface area contributed by atoms with Crippen molar-refractivity contribution < 1.29 is 18.3 Å². The number of rotatable bonds is 4. The Labute approximate surface area is 132 Å². The van der Waals surface area contributed by atoms with E-state index in [4.69, 9.17) is 0 Å². The summed E-state index contributed by atoms with van der Waals surface area (Å²) < 4.78 is 27.8. The standard InChI is InChI=1S/C14H16N2O4S2/c1-2-12-10(14(17)18)3-5-16(12)22(19,20)9-7-13-11(15-8-9)4-6-21-13/h4,6-8,10,12H,2-3,5H2,1H3,(H,17,18). The molecule has 2 atom stereocenters. The van der Waals surface area contributed by atoms with Crippen molar-refractivity contribution in [1.82, 2.24) is 9.29 Å². The molecule has 8 heteroatoms. The third-order valence-electron chi connectivity index (χ3n) is 4.11. The Hall–Kier alpha value is -1.51. The van der Waals surface area contributed by atoms with Crippen molar-refractivity contribution in [2.75, 3.05) is 6.54 Å². The summed E-state index contributed by atoms with van der Waals surface area (Å²) >= 11 is 1.43. The maximum atomic E-state index is 12.8. The summed E-state index contributed by atoms with van der Waals surface area (Å²) in [6.45, 7) is 2.05. The summed E-state index contributed by atoms with van der Waals surface area (Å²) in [5.41, 5.74) is 0.765. The van der Waals surface area contributed by atoms with Crippen LogP contribution >= 0.6 is 11.3 Å². The molecule has 22 heavy (non-hydrogen) atoms. The lowest BCUT2D eigenvalue weighted by molar-refractivity contribution is -0.142. The molecule has 3 rings (SSSR count). The van der Waals surface area contributed by atoms with Gasteiger partial charge in [-0.15, -0.1) is 11.3 Å². The lowest BCUT2D eigenvalue weighted by Gasteiger charge is -2.25. The predicted molar refractivity (Wildman–Crippen MR) is 83.3 cm³/mol. The fourth-order valence-electron chi connectivity index (χ4n) is 3.00. The monoisotopic (exact) mass is 340 g/mol. The van der Waals surface area contributed by atoms with Crippen LogP contribution in [0, 0.1) is 5.92 Å². The first-order valence-corrected chi connectivity index (χ1v) is 9.35. The van der Waals surface area contributed by atoms with Gasteiger partial charge in [-0.3, -0.25) is 9.78 Å². The van der Waals surface area contributed by atoms with Crippen LogP contribution in [-0.4, -0.2) is 41.4 Å². The van der Waals surface area contributed by atoms with Gasteiger partial charge in [0.25, 0.3) is 0 Å². The number of hydrogen-bond donors (Lipinski definition) is 1. The van der Waals surface area contributed by atoms with Gasteiger partial charge in [0.15, 0.2) is 0 Å². The molecule has 2 aromatic heterocycles. The number of aromatic nitrogens is 1. The van der Waals surface area contributed by atoms with Crippen molar-refractivity contribution in [1.29, 1.82) is 0 Å². The lowest BCUT2D eigenvalue weighted by Crippen LogP contribution is -2.39. The number of sulfonamides is 1. The molecule has 2 unspecified atom stereocenters. The van der Waals surface area contributed by atoms with Crippen molar-refractivity contribution in [2.24, 2.45) is 5.92 Å². The van der Waals surface area contributed by atoms with Crippen LogP contribution in [0.3, 0.4) is 0 Å². The van der Waals surface area contributed by atoms with Gasteiger partial charge in [0, 0.05) is 18.8 Å². The number of aliphatic carboxylic acids is 1. The SMILES string of the molecule is CCC1C(C(=O)O)CCN1S(=O)(=O)c1cnc2ccsc2c1. The minimum atomic E-state index is -3.72. The van der Waals surface area contributed by atoms with Gasteiger partial charge >= 0.3 is 5.97 Å². The molecule has 0 bridgehead atoms. The van der Waals surface area contributed by atoms with Crippen LogP contribution in [0.5, 0.6) is 0 Å². The fraction of sp³-hybridized carbons (Fsp3) is 0.429. The molecule has 0 radical (unpaired) electrons. The second-order valence-corrected chi connectivity index (χ2v) is 8.14. The summed E-state index contributed by atoms with van der Waals surface area (Å²) in [4.78, 5) is 15.6. The molecule has 2 aromatic rings. The van der Waals surface area contributed by atoms with E-state index in [-0.39, 0.29) is 11.4 Å². The van der Waals surface area contributed by atoms with E-state index in [1.807, 2.05) is 18.4 Å². The molecule has 6 nitrogen and oxygen atoms in total. The van der Waals surface area contributed by atoms with Crippen LogP contribution in [0.15, 0.2) is 28.6 Å². The van der Waals surface area contributed by atoms with E-state index >= 15 is 0 Å². The van der Waals surface area contributed by atoms with Crippen molar-refractivity contribution in [3.63, 3.8) is 0 Å². The van der Waals surface area contributed by atoms with Gasteiger partial charge < -0.3 is 5.11 Å². The molecule has 0 aromatic carbocycles. The number of thiophene rings is 1. The van der Waals surface area contributed by atoms with Gasteiger partial charge in [0.1, 0.15) is 4.90 Å². The molecule has 0 aliphatic carbocycles. The average Bonchev–Trinajstić information content (AvgIpc) is 3.12. The molecule has 1 N–H and O–H groups in total. The average molecular weight is 340 g/mol. The maximum Gasteiger partial charge on any atom is 0.308 e. The highest BCUT2D eigenvalue weighted by atomic mass is 32.2. The highest BCUT2D eigenvalue weighted by Gasteiger charge is 2.43. The summed E-state index contributed by atoms with van der Waals surface area (Å²) in [5, 5.41) is 11.1. The largest absolute Gasteiger partial charge is 0.481 e. The molecule has 0 saturated carbocycles. The van der Waals surface area contributed by atoms with Crippen LogP contribution in [0.25, 0.3) is 10.2 Å². The number of fused-ring (bicyclic) bond motifs is 1. The number of carboxylic acids is 1. The van der Waals surface area contributed by atoms with E-state index in [0.29, 0.717) is 12.8 Å². The van der Waals surface area contributed by atoms with Crippen molar-refractivity contribution in [3.8, 4) is 0 Å². The van der Waals surface area contributed by atoms with E-state index in [9.17, 15) is 18.3 Å². The smallest absolute Gasteiger partial charge is 0.308 e. The number of carbonyl (C=O) groups is 1. The number of nitrogens with zero attached hydrogens (tertiary/aromatic N) is 2. The number of carboxylic acid groups (broad SMARTS) is 1.